The Hall–Kier alpha value is -2.24. The zero-order valence-electron chi connectivity index (χ0n) is 15.0. The second-order valence-electron chi connectivity index (χ2n) is 6.67. The molecule has 6 nitrogen and oxygen atoms in total. The van der Waals surface area contributed by atoms with Crippen molar-refractivity contribution in [3.63, 3.8) is 0 Å². The molecule has 136 valence electrons. The quantitative estimate of drug-likeness (QED) is 0.837. The first-order valence-electron chi connectivity index (χ1n) is 8.91. The predicted octanol–water partition coefficient (Wildman–Crippen LogP) is 1.99. The van der Waals surface area contributed by atoms with Crippen LogP contribution in [0.3, 0.4) is 0 Å². The van der Waals surface area contributed by atoms with Crippen LogP contribution < -0.4 is 9.47 Å². The summed E-state index contributed by atoms with van der Waals surface area (Å²) in [5.41, 5.74) is 2.27. The van der Waals surface area contributed by atoms with Gasteiger partial charge in [0.25, 0.3) is 0 Å². The van der Waals surface area contributed by atoms with Gasteiger partial charge in [-0.2, -0.15) is 0 Å². The van der Waals surface area contributed by atoms with Gasteiger partial charge in [-0.1, -0.05) is 6.42 Å². The fourth-order valence-electron chi connectivity index (χ4n) is 3.57. The summed E-state index contributed by atoms with van der Waals surface area (Å²) >= 11 is 0. The smallest absolute Gasteiger partial charge is 0.242 e. The highest BCUT2D eigenvalue weighted by molar-refractivity contribution is 5.85. The zero-order valence-corrected chi connectivity index (χ0v) is 15.0. The van der Waals surface area contributed by atoms with Crippen LogP contribution in [0.5, 0.6) is 11.5 Å². The molecule has 1 aromatic rings. The molecule has 0 unspecified atom stereocenters. The number of amides is 2. The fraction of sp³-hybridized carbons (Fsp3) is 0.579. The number of fused-ring (bicyclic) bond motifs is 1. The number of likely N-dealkylation sites (tertiary alicyclic amines) is 1. The van der Waals surface area contributed by atoms with Crippen molar-refractivity contribution in [2.24, 2.45) is 0 Å². The van der Waals surface area contributed by atoms with Gasteiger partial charge in [-0.25, -0.2) is 0 Å². The Labute approximate surface area is 148 Å². The topological polar surface area (TPSA) is 59.1 Å². The number of hydrogen-bond acceptors (Lipinski definition) is 4. The molecule has 0 N–H and O–H groups in total. The van der Waals surface area contributed by atoms with Gasteiger partial charge >= 0.3 is 0 Å². The third-order valence-electron chi connectivity index (χ3n) is 5.07. The van der Waals surface area contributed by atoms with Crippen molar-refractivity contribution in [1.29, 1.82) is 0 Å². The maximum absolute atomic E-state index is 12.7. The standard InChI is InChI=1S/C19H26N2O4/c1-24-16-10-14-7-9-21(12-15(14)11-17(16)25-2)19(23)13-20-8-5-3-4-6-18(20)22/h10-11H,3-9,12-13H2,1-2H3. The number of benzene rings is 1. The van der Waals surface area contributed by atoms with Crippen LogP contribution in [0.25, 0.3) is 0 Å². The van der Waals surface area contributed by atoms with Crippen LogP contribution in [0.2, 0.25) is 0 Å². The molecule has 2 heterocycles. The van der Waals surface area contributed by atoms with E-state index in [1.807, 2.05) is 17.0 Å². The monoisotopic (exact) mass is 346 g/mol. The van der Waals surface area contributed by atoms with Gasteiger partial charge in [0.1, 0.15) is 0 Å². The van der Waals surface area contributed by atoms with Gasteiger partial charge in [-0.05, 0) is 42.5 Å². The SMILES string of the molecule is COc1cc2c(cc1OC)CN(C(=O)CN1CCCCCC1=O)CC2. The molecule has 0 bridgehead atoms. The van der Waals surface area contributed by atoms with Gasteiger partial charge in [0.05, 0.1) is 20.8 Å². The lowest BCUT2D eigenvalue weighted by atomic mass is 9.98. The Morgan fingerprint density at radius 2 is 1.72 bits per heavy atom. The molecule has 0 saturated carbocycles. The minimum atomic E-state index is 0.0238. The Morgan fingerprint density at radius 3 is 2.44 bits per heavy atom. The first-order valence-corrected chi connectivity index (χ1v) is 8.91. The molecule has 0 atom stereocenters. The molecule has 1 saturated heterocycles. The van der Waals surface area contributed by atoms with Gasteiger partial charge in [0.15, 0.2) is 11.5 Å². The molecule has 0 radical (unpaired) electrons. The Morgan fingerprint density at radius 1 is 1.00 bits per heavy atom. The summed E-state index contributed by atoms with van der Waals surface area (Å²) in [6.07, 6.45) is 4.33. The summed E-state index contributed by atoms with van der Waals surface area (Å²) < 4.78 is 10.7. The maximum atomic E-state index is 12.7. The van der Waals surface area contributed by atoms with E-state index >= 15 is 0 Å². The zero-order chi connectivity index (χ0) is 17.8. The summed E-state index contributed by atoms with van der Waals surface area (Å²) in [5.74, 6) is 1.53. The van der Waals surface area contributed by atoms with Gasteiger partial charge in [0, 0.05) is 26.1 Å². The van der Waals surface area contributed by atoms with Gasteiger partial charge in [-0.3, -0.25) is 9.59 Å². The first-order chi connectivity index (χ1) is 12.1. The molecule has 2 aliphatic heterocycles. The van der Waals surface area contributed by atoms with Crippen molar-refractivity contribution in [3.8, 4) is 11.5 Å². The molecule has 2 aliphatic rings. The number of methoxy groups -OCH3 is 2. The van der Waals surface area contributed by atoms with Gasteiger partial charge < -0.3 is 19.3 Å². The average molecular weight is 346 g/mol. The van der Waals surface area contributed by atoms with Gasteiger partial charge in [0.2, 0.25) is 11.8 Å². The van der Waals surface area contributed by atoms with E-state index in [1.54, 1.807) is 19.1 Å². The number of rotatable bonds is 4. The van der Waals surface area contributed by atoms with E-state index in [4.69, 9.17) is 9.47 Å². The van der Waals surface area contributed by atoms with Crippen molar-refractivity contribution in [1.82, 2.24) is 9.80 Å². The van der Waals surface area contributed by atoms with E-state index in [9.17, 15) is 9.59 Å². The minimum absolute atomic E-state index is 0.0238. The number of nitrogens with zero attached hydrogens (tertiary/aromatic N) is 2. The largest absolute Gasteiger partial charge is 0.493 e. The first kappa shape index (κ1) is 17.6. The highest BCUT2D eigenvalue weighted by atomic mass is 16.5. The van der Waals surface area contributed by atoms with E-state index in [0.29, 0.717) is 31.8 Å². The molecule has 6 heteroatoms. The molecule has 3 rings (SSSR count). The van der Waals surface area contributed by atoms with Crippen LogP contribution in [-0.2, 0) is 22.6 Å². The molecule has 1 fully saturated rings. The molecule has 1 aromatic carbocycles. The van der Waals surface area contributed by atoms with E-state index in [2.05, 4.69) is 0 Å². The predicted molar refractivity (Wildman–Crippen MR) is 93.7 cm³/mol. The summed E-state index contributed by atoms with van der Waals surface area (Å²) in [5, 5.41) is 0. The molecule has 0 aromatic heterocycles. The summed E-state index contributed by atoms with van der Waals surface area (Å²) in [6, 6.07) is 3.94. The lowest BCUT2D eigenvalue weighted by molar-refractivity contribution is -0.140. The highest BCUT2D eigenvalue weighted by Crippen LogP contribution is 2.33. The van der Waals surface area contributed by atoms with E-state index < -0.39 is 0 Å². The van der Waals surface area contributed by atoms with Crippen LogP contribution in [0.15, 0.2) is 12.1 Å². The van der Waals surface area contributed by atoms with Crippen molar-refractivity contribution >= 4 is 11.8 Å². The molecular weight excluding hydrogens is 320 g/mol. The van der Waals surface area contributed by atoms with Gasteiger partial charge in [-0.15, -0.1) is 0 Å². The normalized spacial score (nSPS) is 17.8. The number of ether oxygens (including phenoxy) is 2. The van der Waals surface area contributed by atoms with Crippen LogP contribution in [0, 0.1) is 0 Å². The van der Waals surface area contributed by atoms with Crippen LogP contribution in [0.4, 0.5) is 0 Å². The molecule has 0 spiro atoms. The summed E-state index contributed by atoms with van der Waals surface area (Å²) in [7, 11) is 3.24. The fourth-order valence-corrected chi connectivity index (χ4v) is 3.57. The van der Waals surface area contributed by atoms with Crippen molar-refractivity contribution < 1.29 is 19.1 Å². The van der Waals surface area contributed by atoms with Crippen molar-refractivity contribution in [2.45, 2.75) is 38.6 Å². The second kappa shape index (κ2) is 7.76. The van der Waals surface area contributed by atoms with E-state index in [1.165, 1.54) is 5.56 Å². The number of carbonyl (C=O) groups excluding carboxylic acids is 2. The van der Waals surface area contributed by atoms with E-state index in [-0.39, 0.29) is 18.4 Å². The molecule has 2 amide bonds. The highest BCUT2D eigenvalue weighted by Gasteiger charge is 2.26. The average Bonchev–Trinajstić information content (AvgIpc) is 2.84. The molecule has 25 heavy (non-hydrogen) atoms. The lowest BCUT2D eigenvalue weighted by Gasteiger charge is -2.31. The number of hydrogen-bond donors (Lipinski definition) is 0. The van der Waals surface area contributed by atoms with Crippen molar-refractivity contribution in [3.05, 3.63) is 23.3 Å². The lowest BCUT2D eigenvalue weighted by Crippen LogP contribution is -2.44. The van der Waals surface area contributed by atoms with Crippen molar-refractivity contribution in [2.75, 3.05) is 33.9 Å². The third-order valence-corrected chi connectivity index (χ3v) is 5.07. The maximum Gasteiger partial charge on any atom is 0.242 e. The van der Waals surface area contributed by atoms with E-state index in [0.717, 1.165) is 37.0 Å². The minimum Gasteiger partial charge on any atom is -0.493 e. The number of carbonyl (C=O) groups is 2. The van der Waals surface area contributed by atoms with Crippen LogP contribution in [0.1, 0.15) is 36.8 Å². The molecule has 0 aliphatic carbocycles. The Balaban J connectivity index is 1.69. The third kappa shape index (κ3) is 3.89. The Kier molecular flexibility index (Phi) is 5.46. The van der Waals surface area contributed by atoms with Crippen LogP contribution in [-0.4, -0.2) is 55.5 Å². The molecular formula is C19H26N2O4. The summed E-state index contributed by atoms with van der Waals surface area (Å²) in [6.45, 7) is 2.11. The second-order valence-corrected chi connectivity index (χ2v) is 6.67. The Bertz CT molecular complexity index is 659. The van der Waals surface area contributed by atoms with Crippen LogP contribution >= 0.6 is 0 Å². The summed E-state index contributed by atoms with van der Waals surface area (Å²) in [4.78, 5) is 28.4.